The van der Waals surface area contributed by atoms with Crippen LogP contribution in [0.1, 0.15) is 50.4 Å². The number of amides is 2. The van der Waals surface area contributed by atoms with E-state index in [2.05, 4.69) is 25.8 Å². The smallest absolute Gasteiger partial charge is 0.319 e. The molecule has 25 heavy (non-hydrogen) atoms. The molecule has 1 aliphatic heterocycles. The van der Waals surface area contributed by atoms with Crippen LogP contribution in [0.15, 0.2) is 29.0 Å². The summed E-state index contributed by atoms with van der Waals surface area (Å²) in [4.78, 5) is 20.8. The number of anilines is 1. The summed E-state index contributed by atoms with van der Waals surface area (Å²) in [5.41, 5.74) is 0.673. The summed E-state index contributed by atoms with van der Waals surface area (Å²) in [6, 6.07) is 2.80. The first-order valence-corrected chi connectivity index (χ1v) is 8.52. The number of rotatable bonds is 5. The number of hydrogen-bond acceptors (Lipinski definition) is 6. The van der Waals surface area contributed by atoms with Crippen LogP contribution in [-0.2, 0) is 4.74 Å². The lowest BCUT2D eigenvalue weighted by atomic mass is 9.91. The molecule has 0 radical (unpaired) electrons. The van der Waals surface area contributed by atoms with E-state index in [1.165, 1.54) is 0 Å². The molecule has 2 amide bonds. The lowest BCUT2D eigenvalue weighted by molar-refractivity contribution is 0.0506. The molecule has 3 heterocycles. The third kappa shape index (κ3) is 4.54. The van der Waals surface area contributed by atoms with Crippen molar-refractivity contribution in [2.45, 2.75) is 38.6 Å². The zero-order valence-electron chi connectivity index (χ0n) is 14.4. The van der Waals surface area contributed by atoms with Crippen molar-refractivity contribution in [1.82, 2.24) is 20.4 Å². The molecule has 1 atom stereocenters. The Morgan fingerprint density at radius 1 is 1.24 bits per heavy atom. The third-order valence-electron chi connectivity index (χ3n) is 4.20. The van der Waals surface area contributed by atoms with Crippen LogP contribution >= 0.6 is 0 Å². The van der Waals surface area contributed by atoms with Crippen LogP contribution < -0.4 is 10.6 Å². The molecule has 2 N–H and O–H groups in total. The van der Waals surface area contributed by atoms with Crippen molar-refractivity contribution in [2.24, 2.45) is 5.92 Å². The molecule has 3 rings (SSSR count). The SMILES string of the molecule is CC(C)c1noc(C(NC(=O)Nc2ccncc2)C2CCOCC2)n1. The zero-order chi connectivity index (χ0) is 17.6. The lowest BCUT2D eigenvalue weighted by Crippen LogP contribution is -2.38. The van der Waals surface area contributed by atoms with Gasteiger partial charge >= 0.3 is 6.03 Å². The second-order valence-electron chi connectivity index (χ2n) is 6.41. The molecule has 1 aliphatic rings. The first-order valence-electron chi connectivity index (χ1n) is 8.52. The fraction of sp³-hybridized carbons (Fsp3) is 0.529. The Balaban J connectivity index is 1.74. The predicted octanol–water partition coefficient (Wildman–Crippen LogP) is 2.88. The first kappa shape index (κ1) is 17.3. The van der Waals surface area contributed by atoms with Crippen LogP contribution in [0.3, 0.4) is 0 Å². The Hall–Kier alpha value is -2.48. The van der Waals surface area contributed by atoms with Gasteiger partial charge in [0.2, 0.25) is 5.89 Å². The van der Waals surface area contributed by atoms with Gasteiger partial charge in [-0.05, 0) is 30.9 Å². The van der Waals surface area contributed by atoms with E-state index >= 15 is 0 Å². The molecule has 8 heteroatoms. The summed E-state index contributed by atoms with van der Waals surface area (Å²) in [5, 5.41) is 9.81. The second-order valence-corrected chi connectivity index (χ2v) is 6.41. The van der Waals surface area contributed by atoms with Gasteiger partial charge in [0, 0.05) is 37.2 Å². The van der Waals surface area contributed by atoms with Crippen molar-refractivity contribution in [3.8, 4) is 0 Å². The maximum atomic E-state index is 12.4. The molecule has 0 saturated carbocycles. The van der Waals surface area contributed by atoms with E-state index in [1.807, 2.05) is 13.8 Å². The Bertz CT molecular complexity index is 683. The monoisotopic (exact) mass is 345 g/mol. The third-order valence-corrected chi connectivity index (χ3v) is 4.20. The number of pyridine rings is 1. The number of hydrogen-bond donors (Lipinski definition) is 2. The Morgan fingerprint density at radius 2 is 1.96 bits per heavy atom. The number of nitrogens with one attached hydrogen (secondary N) is 2. The number of nitrogens with zero attached hydrogens (tertiary/aromatic N) is 3. The lowest BCUT2D eigenvalue weighted by Gasteiger charge is -2.28. The molecule has 0 aromatic carbocycles. The Morgan fingerprint density at radius 3 is 2.60 bits per heavy atom. The van der Waals surface area contributed by atoms with Crippen LogP contribution in [0.2, 0.25) is 0 Å². The maximum absolute atomic E-state index is 12.4. The Labute approximate surface area is 146 Å². The van der Waals surface area contributed by atoms with Crippen molar-refractivity contribution >= 4 is 11.7 Å². The Kier molecular flexibility index (Phi) is 5.60. The molecular formula is C17H23N5O3. The van der Waals surface area contributed by atoms with E-state index in [1.54, 1.807) is 24.5 Å². The van der Waals surface area contributed by atoms with Gasteiger partial charge in [-0.15, -0.1) is 0 Å². The van der Waals surface area contributed by atoms with E-state index in [0.29, 0.717) is 30.6 Å². The number of urea groups is 1. The van der Waals surface area contributed by atoms with Gasteiger partial charge in [0.05, 0.1) is 0 Å². The van der Waals surface area contributed by atoms with Crippen LogP contribution in [0, 0.1) is 5.92 Å². The van der Waals surface area contributed by atoms with E-state index < -0.39 is 0 Å². The van der Waals surface area contributed by atoms with E-state index in [9.17, 15) is 4.79 Å². The zero-order valence-corrected chi connectivity index (χ0v) is 14.4. The number of carbonyl (C=O) groups is 1. The van der Waals surface area contributed by atoms with Crippen LogP contribution in [0.5, 0.6) is 0 Å². The van der Waals surface area contributed by atoms with Gasteiger partial charge in [-0.3, -0.25) is 4.98 Å². The normalized spacial score (nSPS) is 16.6. The van der Waals surface area contributed by atoms with Gasteiger partial charge < -0.3 is 19.9 Å². The summed E-state index contributed by atoms with van der Waals surface area (Å²) in [6.07, 6.45) is 4.91. The molecule has 134 valence electrons. The minimum Gasteiger partial charge on any atom is -0.381 e. The summed E-state index contributed by atoms with van der Waals surface area (Å²) >= 11 is 0. The highest BCUT2D eigenvalue weighted by Crippen LogP contribution is 2.30. The average Bonchev–Trinajstić information content (AvgIpc) is 3.11. The van der Waals surface area contributed by atoms with Crippen LogP contribution in [0.25, 0.3) is 0 Å². The van der Waals surface area contributed by atoms with Crippen LogP contribution in [-0.4, -0.2) is 34.4 Å². The van der Waals surface area contributed by atoms with E-state index in [4.69, 9.17) is 9.26 Å². The maximum Gasteiger partial charge on any atom is 0.319 e. The fourth-order valence-corrected chi connectivity index (χ4v) is 2.78. The molecule has 1 saturated heterocycles. The highest BCUT2D eigenvalue weighted by Gasteiger charge is 2.31. The van der Waals surface area contributed by atoms with Gasteiger partial charge in [0.1, 0.15) is 6.04 Å². The molecule has 2 aromatic heterocycles. The molecular weight excluding hydrogens is 322 g/mol. The van der Waals surface area contributed by atoms with Gasteiger partial charge in [-0.25, -0.2) is 4.79 Å². The average molecular weight is 345 g/mol. The topological polar surface area (TPSA) is 102 Å². The van der Waals surface area contributed by atoms with Gasteiger partial charge in [-0.1, -0.05) is 19.0 Å². The van der Waals surface area contributed by atoms with Gasteiger partial charge in [0.15, 0.2) is 5.82 Å². The molecule has 1 fully saturated rings. The van der Waals surface area contributed by atoms with Crippen molar-refractivity contribution < 1.29 is 14.1 Å². The molecule has 8 nitrogen and oxygen atoms in total. The first-order chi connectivity index (χ1) is 12.1. The van der Waals surface area contributed by atoms with Crippen molar-refractivity contribution in [1.29, 1.82) is 0 Å². The largest absolute Gasteiger partial charge is 0.381 e. The minimum absolute atomic E-state index is 0.165. The minimum atomic E-state index is -0.342. The van der Waals surface area contributed by atoms with Gasteiger partial charge in [-0.2, -0.15) is 4.98 Å². The molecule has 0 aliphatic carbocycles. The highest BCUT2D eigenvalue weighted by molar-refractivity contribution is 5.89. The van der Waals surface area contributed by atoms with Crippen molar-refractivity contribution in [3.05, 3.63) is 36.2 Å². The molecule has 0 bridgehead atoms. The number of ether oxygens (including phenoxy) is 1. The highest BCUT2D eigenvalue weighted by atomic mass is 16.5. The fourth-order valence-electron chi connectivity index (χ4n) is 2.78. The number of carbonyl (C=O) groups excluding carboxylic acids is 1. The molecule has 1 unspecified atom stereocenters. The van der Waals surface area contributed by atoms with Crippen molar-refractivity contribution in [2.75, 3.05) is 18.5 Å². The summed E-state index contributed by atoms with van der Waals surface area (Å²) in [7, 11) is 0. The molecule has 0 spiro atoms. The van der Waals surface area contributed by atoms with E-state index in [0.717, 1.165) is 12.8 Å². The number of aromatic nitrogens is 3. The summed E-state index contributed by atoms with van der Waals surface area (Å²) in [5.74, 6) is 1.44. The quantitative estimate of drug-likeness (QED) is 0.864. The predicted molar refractivity (Wildman–Crippen MR) is 91.1 cm³/mol. The van der Waals surface area contributed by atoms with E-state index in [-0.39, 0.29) is 23.9 Å². The van der Waals surface area contributed by atoms with Gasteiger partial charge in [0.25, 0.3) is 0 Å². The summed E-state index contributed by atoms with van der Waals surface area (Å²) in [6.45, 7) is 5.34. The summed E-state index contributed by atoms with van der Waals surface area (Å²) < 4.78 is 10.9. The molecule has 2 aromatic rings. The second kappa shape index (κ2) is 8.06. The standard InChI is InChI=1S/C17H23N5O3/c1-11(2)15-21-16(25-22-15)14(12-5-9-24-10-6-12)20-17(23)19-13-3-7-18-8-4-13/h3-4,7-8,11-12,14H,5-6,9-10H2,1-2H3,(H2,18,19,20,23). The van der Waals surface area contributed by atoms with Crippen molar-refractivity contribution in [3.63, 3.8) is 0 Å². The van der Waals surface area contributed by atoms with Crippen LogP contribution in [0.4, 0.5) is 10.5 Å².